The third kappa shape index (κ3) is 6.51. The molecule has 1 aromatic heterocycles. The summed E-state index contributed by atoms with van der Waals surface area (Å²) in [5.41, 5.74) is 4.37. The Hall–Kier alpha value is -2.77. The zero-order chi connectivity index (χ0) is 26.5. The van der Waals surface area contributed by atoms with Crippen molar-refractivity contribution in [1.29, 1.82) is 0 Å². The maximum atomic E-state index is 13.5. The first-order valence-electron chi connectivity index (χ1n) is 12.6. The molecule has 3 aromatic rings. The van der Waals surface area contributed by atoms with Gasteiger partial charge in [-0.1, -0.05) is 90.0 Å². The molecule has 0 fully saturated rings. The second-order valence-corrected chi connectivity index (χ2v) is 11.6. The maximum Gasteiger partial charge on any atom is 0.297 e. The SMILES string of the molecule is CCC(COS(=O)(=O)c1c(C(C)C)cc(C(C)C)cc1C(C)C)O/N=C/c1cccc2cccnc12. The van der Waals surface area contributed by atoms with Gasteiger partial charge < -0.3 is 4.84 Å². The van der Waals surface area contributed by atoms with E-state index in [2.05, 4.69) is 24.0 Å². The number of fused-ring (bicyclic) bond motifs is 1. The van der Waals surface area contributed by atoms with Gasteiger partial charge in [-0.05, 0) is 46.9 Å². The highest BCUT2D eigenvalue weighted by molar-refractivity contribution is 7.86. The van der Waals surface area contributed by atoms with Gasteiger partial charge in [0, 0.05) is 17.1 Å². The van der Waals surface area contributed by atoms with E-state index in [1.165, 1.54) is 0 Å². The summed E-state index contributed by atoms with van der Waals surface area (Å²) >= 11 is 0. The first-order chi connectivity index (χ1) is 17.0. The van der Waals surface area contributed by atoms with Crippen LogP contribution in [0.15, 0.2) is 58.7 Å². The Balaban J connectivity index is 1.81. The van der Waals surface area contributed by atoms with Gasteiger partial charge in [0.15, 0.2) is 6.10 Å². The summed E-state index contributed by atoms with van der Waals surface area (Å²) in [6.07, 6.45) is 3.36. The molecule has 1 atom stereocenters. The number of benzene rings is 2. The Bertz CT molecular complexity index is 1280. The van der Waals surface area contributed by atoms with Crippen LogP contribution < -0.4 is 0 Å². The Morgan fingerprint density at radius 2 is 1.58 bits per heavy atom. The molecule has 1 unspecified atom stereocenters. The topological polar surface area (TPSA) is 77.9 Å². The lowest BCUT2D eigenvalue weighted by Gasteiger charge is -2.23. The number of pyridine rings is 1. The van der Waals surface area contributed by atoms with Crippen molar-refractivity contribution >= 4 is 27.2 Å². The molecular weight excluding hydrogens is 472 g/mol. The summed E-state index contributed by atoms with van der Waals surface area (Å²) < 4.78 is 32.6. The Morgan fingerprint density at radius 1 is 0.944 bits per heavy atom. The predicted molar refractivity (Wildman–Crippen MR) is 146 cm³/mol. The number of hydrogen-bond donors (Lipinski definition) is 0. The lowest BCUT2D eigenvalue weighted by Crippen LogP contribution is -2.22. The summed E-state index contributed by atoms with van der Waals surface area (Å²) in [5.74, 6) is 0.365. The summed E-state index contributed by atoms with van der Waals surface area (Å²) in [4.78, 5) is 10.3. The van der Waals surface area contributed by atoms with Crippen molar-refractivity contribution in [3.63, 3.8) is 0 Å². The fraction of sp³-hybridized carbons (Fsp3) is 0.448. The molecule has 2 aromatic carbocycles. The first kappa shape index (κ1) is 27.8. The van der Waals surface area contributed by atoms with Crippen LogP contribution >= 0.6 is 0 Å². The molecule has 0 N–H and O–H groups in total. The maximum absolute atomic E-state index is 13.5. The second kappa shape index (κ2) is 12.0. The molecule has 7 heteroatoms. The third-order valence-corrected chi connectivity index (χ3v) is 7.68. The fourth-order valence-corrected chi connectivity index (χ4v) is 5.65. The lowest BCUT2D eigenvalue weighted by atomic mass is 9.89. The van der Waals surface area contributed by atoms with E-state index in [0.717, 1.165) is 33.2 Å². The minimum atomic E-state index is -4.01. The number of rotatable bonds is 11. The van der Waals surface area contributed by atoms with Crippen LogP contribution in [0.25, 0.3) is 10.9 Å². The number of hydrogen-bond acceptors (Lipinski definition) is 6. The van der Waals surface area contributed by atoms with Gasteiger partial charge in [0.05, 0.1) is 11.7 Å². The molecule has 194 valence electrons. The van der Waals surface area contributed by atoms with Crippen LogP contribution in [0.2, 0.25) is 0 Å². The normalized spacial score (nSPS) is 13.4. The van der Waals surface area contributed by atoms with Crippen molar-refractivity contribution in [1.82, 2.24) is 4.98 Å². The Morgan fingerprint density at radius 3 is 2.17 bits per heavy atom. The number of nitrogens with zero attached hydrogens (tertiary/aromatic N) is 2. The summed E-state index contributed by atoms with van der Waals surface area (Å²) in [6.45, 7) is 14.1. The van der Waals surface area contributed by atoms with Crippen molar-refractivity contribution in [2.24, 2.45) is 5.16 Å². The molecule has 0 radical (unpaired) electrons. The number of aromatic nitrogens is 1. The van der Waals surface area contributed by atoms with Crippen LogP contribution in [0.1, 0.15) is 94.9 Å². The van der Waals surface area contributed by atoms with Gasteiger partial charge >= 0.3 is 0 Å². The van der Waals surface area contributed by atoms with Gasteiger partial charge in [-0.25, -0.2) is 0 Å². The molecule has 0 spiro atoms. The molecule has 0 aliphatic rings. The zero-order valence-corrected chi connectivity index (χ0v) is 23.2. The second-order valence-electron chi connectivity index (χ2n) is 10.0. The van der Waals surface area contributed by atoms with Crippen molar-refractivity contribution in [2.45, 2.75) is 83.6 Å². The zero-order valence-electron chi connectivity index (χ0n) is 22.4. The van der Waals surface area contributed by atoms with Crippen LogP contribution in [0.4, 0.5) is 0 Å². The Kier molecular flexibility index (Phi) is 9.25. The molecule has 0 bridgehead atoms. The number of oxime groups is 1. The summed E-state index contributed by atoms with van der Waals surface area (Å²) in [6, 6.07) is 13.7. The van der Waals surface area contributed by atoms with Crippen LogP contribution in [-0.2, 0) is 19.1 Å². The van der Waals surface area contributed by atoms with Crippen molar-refractivity contribution in [3.05, 3.63) is 70.9 Å². The van der Waals surface area contributed by atoms with Gasteiger partial charge in [-0.2, -0.15) is 8.42 Å². The van der Waals surface area contributed by atoms with Crippen molar-refractivity contribution < 1.29 is 17.4 Å². The molecular formula is C29H38N2O4S. The minimum absolute atomic E-state index is 0.0340. The average Bonchev–Trinajstić information content (AvgIpc) is 2.85. The van der Waals surface area contributed by atoms with E-state index in [0.29, 0.717) is 12.3 Å². The molecule has 1 heterocycles. The first-order valence-corrected chi connectivity index (χ1v) is 14.1. The Labute approximate surface area is 215 Å². The molecule has 3 rings (SSSR count). The van der Waals surface area contributed by atoms with Crippen molar-refractivity contribution in [2.75, 3.05) is 6.61 Å². The van der Waals surface area contributed by atoms with E-state index in [1.807, 2.05) is 77.1 Å². The predicted octanol–water partition coefficient (Wildman–Crippen LogP) is 7.14. The van der Waals surface area contributed by atoms with E-state index in [9.17, 15) is 8.42 Å². The van der Waals surface area contributed by atoms with Crippen LogP contribution in [0.5, 0.6) is 0 Å². The van der Waals surface area contributed by atoms with E-state index < -0.39 is 16.2 Å². The monoisotopic (exact) mass is 510 g/mol. The molecule has 0 saturated carbocycles. The third-order valence-electron chi connectivity index (χ3n) is 6.26. The van der Waals surface area contributed by atoms with Gasteiger partial charge in [0.1, 0.15) is 11.5 Å². The molecule has 0 amide bonds. The highest BCUT2D eigenvalue weighted by Crippen LogP contribution is 2.36. The van der Waals surface area contributed by atoms with Crippen LogP contribution in [0.3, 0.4) is 0 Å². The number of para-hydroxylation sites is 1. The standard InChI is InChI=1S/C29H38N2O4S/c1-8-25(35-31-17-23-12-9-11-22-13-10-14-30-28(22)23)18-34-36(32,33)29-26(20(4)5)15-24(19(2)3)16-27(29)21(6)7/h9-17,19-21,25H,8,18H2,1-7H3/b31-17+. The van der Waals surface area contributed by atoms with E-state index in [-0.39, 0.29) is 23.3 Å². The molecule has 0 aliphatic heterocycles. The highest BCUT2D eigenvalue weighted by Gasteiger charge is 2.28. The van der Waals surface area contributed by atoms with E-state index in [4.69, 9.17) is 9.02 Å². The smallest absolute Gasteiger partial charge is 0.297 e. The van der Waals surface area contributed by atoms with E-state index >= 15 is 0 Å². The van der Waals surface area contributed by atoms with Gasteiger partial charge in [-0.3, -0.25) is 9.17 Å². The summed E-state index contributed by atoms with van der Waals surface area (Å²) in [7, 11) is -4.01. The van der Waals surface area contributed by atoms with Crippen LogP contribution in [-0.4, -0.2) is 32.3 Å². The van der Waals surface area contributed by atoms with E-state index in [1.54, 1.807) is 12.4 Å². The molecule has 6 nitrogen and oxygen atoms in total. The molecule has 0 saturated heterocycles. The largest absolute Gasteiger partial charge is 0.390 e. The molecule has 0 aliphatic carbocycles. The summed E-state index contributed by atoms with van der Waals surface area (Å²) in [5, 5.41) is 5.13. The van der Waals surface area contributed by atoms with Crippen molar-refractivity contribution in [3.8, 4) is 0 Å². The quantitative estimate of drug-likeness (QED) is 0.156. The van der Waals surface area contributed by atoms with Gasteiger partial charge in [0.25, 0.3) is 10.1 Å². The minimum Gasteiger partial charge on any atom is -0.390 e. The van der Waals surface area contributed by atoms with Gasteiger partial charge in [0.2, 0.25) is 0 Å². The lowest BCUT2D eigenvalue weighted by molar-refractivity contribution is 0.0246. The van der Waals surface area contributed by atoms with Crippen LogP contribution in [0, 0.1) is 0 Å². The van der Waals surface area contributed by atoms with Gasteiger partial charge in [-0.15, -0.1) is 0 Å². The molecule has 36 heavy (non-hydrogen) atoms. The fourth-order valence-electron chi connectivity index (χ4n) is 4.03. The average molecular weight is 511 g/mol. The highest BCUT2D eigenvalue weighted by atomic mass is 32.2.